The molecule has 22 heavy (non-hydrogen) atoms. The van der Waals surface area contributed by atoms with Crippen molar-refractivity contribution in [3.05, 3.63) is 50.1 Å². The third-order valence-electron chi connectivity index (χ3n) is 3.80. The maximum absolute atomic E-state index is 12.3. The predicted molar refractivity (Wildman–Crippen MR) is 78.9 cm³/mol. The van der Waals surface area contributed by atoms with Gasteiger partial charge in [0.05, 0.1) is 0 Å². The zero-order valence-electron chi connectivity index (χ0n) is 12.3. The molecular formula is C14H15N5O3. The molecule has 1 aliphatic carbocycles. The molecule has 114 valence electrons. The molecule has 2 aromatic heterocycles. The summed E-state index contributed by atoms with van der Waals surface area (Å²) in [6, 6.07) is 1.12. The summed E-state index contributed by atoms with van der Waals surface area (Å²) in [5.41, 5.74) is 0.898. The summed E-state index contributed by atoms with van der Waals surface area (Å²) in [5.74, 6) is -0.408. The van der Waals surface area contributed by atoms with E-state index in [2.05, 4.69) is 15.3 Å². The maximum Gasteiger partial charge on any atom is 0.331 e. The Morgan fingerprint density at radius 3 is 2.77 bits per heavy atom. The van der Waals surface area contributed by atoms with E-state index in [1.165, 1.54) is 14.1 Å². The molecule has 0 saturated carbocycles. The summed E-state index contributed by atoms with van der Waals surface area (Å²) in [6.07, 6.45) is 4.55. The molecule has 0 aromatic carbocycles. The summed E-state index contributed by atoms with van der Waals surface area (Å²) >= 11 is 0. The van der Waals surface area contributed by atoms with Crippen molar-refractivity contribution in [3.8, 4) is 0 Å². The number of amides is 1. The van der Waals surface area contributed by atoms with Gasteiger partial charge >= 0.3 is 5.69 Å². The first-order valence-electron chi connectivity index (χ1n) is 6.90. The number of hydrogen-bond donors (Lipinski definition) is 1. The zero-order valence-corrected chi connectivity index (χ0v) is 12.3. The summed E-state index contributed by atoms with van der Waals surface area (Å²) in [4.78, 5) is 44.1. The molecule has 2 aromatic rings. The van der Waals surface area contributed by atoms with E-state index >= 15 is 0 Å². The number of carbonyl (C=O) groups excluding carboxylic acids is 1. The molecule has 0 bridgehead atoms. The van der Waals surface area contributed by atoms with Crippen molar-refractivity contribution < 1.29 is 4.79 Å². The Morgan fingerprint density at radius 2 is 2.00 bits per heavy atom. The van der Waals surface area contributed by atoms with Gasteiger partial charge in [-0.1, -0.05) is 0 Å². The van der Waals surface area contributed by atoms with E-state index in [1.807, 2.05) is 0 Å². The van der Waals surface area contributed by atoms with E-state index in [-0.39, 0.29) is 11.6 Å². The van der Waals surface area contributed by atoms with Gasteiger partial charge in [0.25, 0.3) is 11.5 Å². The highest BCUT2D eigenvalue weighted by Gasteiger charge is 2.17. The van der Waals surface area contributed by atoms with E-state index in [4.69, 9.17) is 0 Å². The van der Waals surface area contributed by atoms with Gasteiger partial charge in [0.15, 0.2) is 0 Å². The first kappa shape index (κ1) is 14.2. The molecular weight excluding hydrogens is 286 g/mol. The highest BCUT2D eigenvalue weighted by Crippen LogP contribution is 2.19. The molecule has 0 spiro atoms. The standard InChI is InChI=1S/C14H15N5O3/c1-18-10(6-11(20)19(2)14(18)22)12(21)17-13-15-7-8-4-3-5-9(8)16-13/h6-7H,3-5H2,1-2H3,(H,15,16,17,21). The van der Waals surface area contributed by atoms with Crippen LogP contribution in [0.15, 0.2) is 21.9 Å². The second kappa shape index (κ2) is 5.21. The molecule has 0 unspecified atom stereocenters. The fourth-order valence-corrected chi connectivity index (χ4v) is 2.49. The Hall–Kier alpha value is -2.77. The summed E-state index contributed by atoms with van der Waals surface area (Å²) in [7, 11) is 2.79. The average molecular weight is 301 g/mol. The Bertz CT molecular complexity index is 881. The number of anilines is 1. The van der Waals surface area contributed by atoms with Crippen molar-refractivity contribution in [2.24, 2.45) is 14.1 Å². The predicted octanol–water partition coefficient (Wildman–Crippen LogP) is -0.385. The third-order valence-corrected chi connectivity index (χ3v) is 3.80. The molecule has 8 nitrogen and oxygen atoms in total. The van der Waals surface area contributed by atoms with Crippen LogP contribution in [0, 0.1) is 0 Å². The van der Waals surface area contributed by atoms with E-state index < -0.39 is 17.2 Å². The lowest BCUT2D eigenvalue weighted by atomic mass is 10.3. The Balaban J connectivity index is 1.93. The smallest absolute Gasteiger partial charge is 0.292 e. The molecule has 8 heteroatoms. The quantitative estimate of drug-likeness (QED) is 0.815. The minimum atomic E-state index is -0.588. The van der Waals surface area contributed by atoms with Crippen LogP contribution in [0.25, 0.3) is 0 Å². The van der Waals surface area contributed by atoms with Crippen molar-refractivity contribution in [2.45, 2.75) is 19.3 Å². The van der Waals surface area contributed by atoms with Crippen LogP contribution in [0.3, 0.4) is 0 Å². The number of aromatic nitrogens is 4. The number of rotatable bonds is 2. The van der Waals surface area contributed by atoms with Gasteiger partial charge in [-0.25, -0.2) is 14.8 Å². The van der Waals surface area contributed by atoms with Crippen molar-refractivity contribution >= 4 is 11.9 Å². The number of aryl methyl sites for hydroxylation is 2. The van der Waals surface area contributed by atoms with Gasteiger partial charge in [0.1, 0.15) is 5.69 Å². The molecule has 0 atom stereocenters. The Kier molecular flexibility index (Phi) is 3.36. The van der Waals surface area contributed by atoms with Gasteiger partial charge < -0.3 is 0 Å². The monoisotopic (exact) mass is 301 g/mol. The summed E-state index contributed by atoms with van der Waals surface area (Å²) < 4.78 is 2.05. The number of nitrogens with one attached hydrogen (secondary N) is 1. The van der Waals surface area contributed by atoms with Crippen LogP contribution in [-0.4, -0.2) is 25.0 Å². The highest BCUT2D eigenvalue weighted by molar-refractivity contribution is 6.01. The van der Waals surface area contributed by atoms with Crippen LogP contribution < -0.4 is 16.6 Å². The third kappa shape index (κ3) is 2.32. The molecule has 1 amide bonds. The molecule has 3 rings (SSSR count). The number of carbonyl (C=O) groups is 1. The van der Waals surface area contributed by atoms with E-state index in [0.717, 1.165) is 45.7 Å². The van der Waals surface area contributed by atoms with Crippen LogP contribution in [-0.2, 0) is 26.9 Å². The highest BCUT2D eigenvalue weighted by atomic mass is 16.2. The van der Waals surface area contributed by atoms with Gasteiger partial charge in [0.2, 0.25) is 5.95 Å². The maximum atomic E-state index is 12.3. The first-order valence-corrected chi connectivity index (χ1v) is 6.90. The van der Waals surface area contributed by atoms with Gasteiger partial charge in [-0.3, -0.25) is 24.0 Å². The molecule has 1 N–H and O–H groups in total. The van der Waals surface area contributed by atoms with E-state index in [1.54, 1.807) is 6.20 Å². The summed E-state index contributed by atoms with van der Waals surface area (Å²) in [6.45, 7) is 0. The van der Waals surface area contributed by atoms with Crippen LogP contribution in [0.1, 0.15) is 28.2 Å². The summed E-state index contributed by atoms with van der Waals surface area (Å²) in [5, 5.41) is 2.53. The lowest BCUT2D eigenvalue weighted by molar-refractivity contribution is 0.101. The normalized spacial score (nSPS) is 13.0. The lowest BCUT2D eigenvalue weighted by Crippen LogP contribution is -2.40. The minimum absolute atomic E-state index is 0.0304. The number of hydrogen-bond acceptors (Lipinski definition) is 5. The fourth-order valence-electron chi connectivity index (χ4n) is 2.49. The van der Waals surface area contributed by atoms with Crippen LogP contribution >= 0.6 is 0 Å². The van der Waals surface area contributed by atoms with Gasteiger partial charge in [0, 0.05) is 32.1 Å². The van der Waals surface area contributed by atoms with Gasteiger partial charge in [-0.2, -0.15) is 0 Å². The SMILES string of the molecule is Cn1c(C(=O)Nc2ncc3c(n2)CCC3)cc(=O)n(C)c1=O. The van der Waals surface area contributed by atoms with Crippen LogP contribution in [0.2, 0.25) is 0 Å². The van der Waals surface area contributed by atoms with Gasteiger partial charge in [-0.05, 0) is 24.8 Å². The topological polar surface area (TPSA) is 98.9 Å². The van der Waals surface area contributed by atoms with Crippen molar-refractivity contribution in [2.75, 3.05) is 5.32 Å². The van der Waals surface area contributed by atoms with Crippen molar-refractivity contribution in [3.63, 3.8) is 0 Å². The zero-order chi connectivity index (χ0) is 15.9. The molecule has 0 saturated heterocycles. The molecule has 0 fully saturated rings. The van der Waals surface area contributed by atoms with E-state index in [9.17, 15) is 14.4 Å². The van der Waals surface area contributed by atoms with Crippen LogP contribution in [0.4, 0.5) is 5.95 Å². The van der Waals surface area contributed by atoms with Crippen molar-refractivity contribution in [1.82, 2.24) is 19.1 Å². The number of nitrogens with zero attached hydrogens (tertiary/aromatic N) is 4. The molecule has 0 aliphatic heterocycles. The molecule has 2 heterocycles. The fraction of sp³-hybridized carbons (Fsp3) is 0.357. The molecule has 0 radical (unpaired) electrons. The average Bonchev–Trinajstić information content (AvgIpc) is 2.96. The van der Waals surface area contributed by atoms with Gasteiger partial charge in [-0.15, -0.1) is 0 Å². The molecule has 1 aliphatic rings. The second-order valence-electron chi connectivity index (χ2n) is 5.24. The minimum Gasteiger partial charge on any atom is -0.292 e. The Labute approximate surface area is 125 Å². The number of fused-ring (bicyclic) bond motifs is 1. The van der Waals surface area contributed by atoms with Crippen LogP contribution in [0.5, 0.6) is 0 Å². The lowest BCUT2D eigenvalue weighted by Gasteiger charge is -2.09. The Morgan fingerprint density at radius 1 is 1.23 bits per heavy atom. The largest absolute Gasteiger partial charge is 0.331 e. The first-order chi connectivity index (χ1) is 10.5. The second-order valence-corrected chi connectivity index (χ2v) is 5.24. The van der Waals surface area contributed by atoms with E-state index in [0.29, 0.717) is 0 Å². The van der Waals surface area contributed by atoms with Crippen molar-refractivity contribution in [1.29, 1.82) is 0 Å².